The van der Waals surface area contributed by atoms with Gasteiger partial charge in [0.05, 0.1) is 18.2 Å². The second kappa shape index (κ2) is 10.4. The molecule has 2 aromatic carbocycles. The van der Waals surface area contributed by atoms with E-state index in [1.165, 1.54) is 0 Å². The lowest BCUT2D eigenvalue weighted by molar-refractivity contribution is -0.153. The summed E-state index contributed by atoms with van der Waals surface area (Å²) in [5.41, 5.74) is 2.84. The molecule has 0 aliphatic rings. The molecule has 0 saturated heterocycles. The van der Waals surface area contributed by atoms with Crippen LogP contribution < -0.4 is 15.4 Å². The van der Waals surface area contributed by atoms with Crippen LogP contribution in [0.25, 0.3) is 0 Å². The molecule has 0 atom stereocenters. The molecule has 8 heteroatoms. The Balaban J connectivity index is 2.08. The van der Waals surface area contributed by atoms with E-state index in [0.29, 0.717) is 30.2 Å². The Morgan fingerprint density at radius 1 is 1.17 bits per heavy atom. The van der Waals surface area contributed by atoms with Gasteiger partial charge >= 0.3 is 6.18 Å². The normalized spacial score (nSPS) is 11.7. The number of ether oxygens (including phenoxy) is 1. The lowest BCUT2D eigenvalue weighted by Gasteiger charge is -2.16. The lowest BCUT2D eigenvalue weighted by atomic mass is 10.1. The summed E-state index contributed by atoms with van der Waals surface area (Å²) < 4.78 is 42.5. The van der Waals surface area contributed by atoms with Crippen LogP contribution in [0.3, 0.4) is 0 Å². The van der Waals surface area contributed by atoms with Crippen molar-refractivity contribution in [3.63, 3.8) is 0 Å². The molecule has 0 aromatic heterocycles. The van der Waals surface area contributed by atoms with E-state index in [0.717, 1.165) is 11.1 Å². The molecule has 0 radical (unpaired) electrons. The fourth-order valence-corrected chi connectivity index (χ4v) is 2.53. The largest absolute Gasteiger partial charge is 0.484 e. The first-order valence-electron chi connectivity index (χ1n) is 9.11. The molecule has 0 amide bonds. The van der Waals surface area contributed by atoms with Gasteiger partial charge in [-0.05, 0) is 43.2 Å². The molecule has 2 aromatic rings. The SMILES string of the molecule is CCNC(=NCc1cccc(C#N)c1)NCc1ccc(C)cc1OCC(F)(F)F. The van der Waals surface area contributed by atoms with E-state index in [1.54, 1.807) is 37.3 Å². The second-order valence-corrected chi connectivity index (χ2v) is 6.38. The van der Waals surface area contributed by atoms with Crippen LogP contribution in [0.15, 0.2) is 47.5 Å². The van der Waals surface area contributed by atoms with Crippen molar-refractivity contribution < 1.29 is 17.9 Å². The van der Waals surface area contributed by atoms with Crippen molar-refractivity contribution in [2.45, 2.75) is 33.1 Å². The van der Waals surface area contributed by atoms with E-state index in [2.05, 4.69) is 21.7 Å². The fraction of sp³-hybridized carbons (Fsp3) is 0.333. The summed E-state index contributed by atoms with van der Waals surface area (Å²) in [5, 5.41) is 15.2. The maximum Gasteiger partial charge on any atom is 0.422 e. The first-order valence-corrected chi connectivity index (χ1v) is 9.11. The maximum atomic E-state index is 12.5. The van der Waals surface area contributed by atoms with Crippen molar-refractivity contribution in [2.75, 3.05) is 13.2 Å². The van der Waals surface area contributed by atoms with Crippen LogP contribution in [0.1, 0.15) is 29.2 Å². The van der Waals surface area contributed by atoms with Gasteiger partial charge in [0.25, 0.3) is 0 Å². The fourth-order valence-electron chi connectivity index (χ4n) is 2.53. The van der Waals surface area contributed by atoms with Crippen molar-refractivity contribution in [3.8, 4) is 11.8 Å². The predicted octanol–water partition coefficient (Wildman–Crippen LogP) is 4.06. The average molecular weight is 404 g/mol. The average Bonchev–Trinajstić information content (AvgIpc) is 2.69. The highest BCUT2D eigenvalue weighted by atomic mass is 19.4. The minimum Gasteiger partial charge on any atom is -0.484 e. The van der Waals surface area contributed by atoms with Crippen molar-refractivity contribution in [3.05, 3.63) is 64.7 Å². The van der Waals surface area contributed by atoms with E-state index >= 15 is 0 Å². The molecule has 29 heavy (non-hydrogen) atoms. The molecule has 5 nitrogen and oxygen atoms in total. The van der Waals surface area contributed by atoms with Crippen LogP contribution >= 0.6 is 0 Å². The van der Waals surface area contributed by atoms with Gasteiger partial charge < -0.3 is 15.4 Å². The highest BCUT2D eigenvalue weighted by Crippen LogP contribution is 2.23. The van der Waals surface area contributed by atoms with E-state index in [1.807, 2.05) is 19.1 Å². The molecule has 0 fully saturated rings. The molecule has 2 rings (SSSR count). The smallest absolute Gasteiger partial charge is 0.422 e. The third kappa shape index (κ3) is 7.74. The second-order valence-electron chi connectivity index (χ2n) is 6.38. The number of nitrogens with one attached hydrogen (secondary N) is 2. The van der Waals surface area contributed by atoms with Crippen molar-refractivity contribution in [1.82, 2.24) is 10.6 Å². The number of hydrogen-bond donors (Lipinski definition) is 2. The Kier molecular flexibility index (Phi) is 7.89. The van der Waals surface area contributed by atoms with Gasteiger partial charge in [-0.25, -0.2) is 4.99 Å². The van der Waals surface area contributed by atoms with Gasteiger partial charge in [-0.3, -0.25) is 0 Å². The van der Waals surface area contributed by atoms with Crippen LogP contribution in [0, 0.1) is 18.3 Å². The first kappa shape index (κ1) is 22.1. The molecule has 0 heterocycles. The monoisotopic (exact) mass is 404 g/mol. The minimum absolute atomic E-state index is 0.187. The number of alkyl halides is 3. The lowest BCUT2D eigenvalue weighted by Crippen LogP contribution is -2.37. The number of benzene rings is 2. The number of nitriles is 1. The van der Waals surface area contributed by atoms with Gasteiger partial charge in [0.15, 0.2) is 12.6 Å². The van der Waals surface area contributed by atoms with Gasteiger partial charge in [0, 0.05) is 18.7 Å². The van der Waals surface area contributed by atoms with Crippen LogP contribution in [0.5, 0.6) is 5.75 Å². The van der Waals surface area contributed by atoms with E-state index in [9.17, 15) is 13.2 Å². The summed E-state index contributed by atoms with van der Waals surface area (Å²) in [7, 11) is 0. The summed E-state index contributed by atoms with van der Waals surface area (Å²) in [6.07, 6.45) is -4.40. The highest BCUT2D eigenvalue weighted by molar-refractivity contribution is 5.79. The summed E-state index contributed by atoms with van der Waals surface area (Å²) >= 11 is 0. The maximum absolute atomic E-state index is 12.5. The van der Waals surface area contributed by atoms with E-state index in [-0.39, 0.29) is 12.3 Å². The molecule has 0 spiro atoms. The molecule has 2 N–H and O–H groups in total. The number of aliphatic imine (C=N–C) groups is 1. The Labute approximate surface area is 168 Å². The molecule has 0 unspecified atom stereocenters. The van der Waals surface area contributed by atoms with Crippen LogP contribution in [0.2, 0.25) is 0 Å². The zero-order valence-electron chi connectivity index (χ0n) is 16.3. The Morgan fingerprint density at radius 3 is 2.66 bits per heavy atom. The van der Waals surface area contributed by atoms with Gasteiger partial charge in [0.1, 0.15) is 5.75 Å². The number of guanidine groups is 1. The number of hydrogen-bond acceptors (Lipinski definition) is 3. The molecule has 0 saturated carbocycles. The number of rotatable bonds is 7. The van der Waals surface area contributed by atoms with Crippen LogP contribution in [0.4, 0.5) is 13.2 Å². The summed E-state index contributed by atoms with van der Waals surface area (Å²) in [6, 6.07) is 14.4. The third-order valence-corrected chi connectivity index (χ3v) is 3.88. The van der Waals surface area contributed by atoms with Crippen LogP contribution in [-0.2, 0) is 13.1 Å². The van der Waals surface area contributed by atoms with Crippen molar-refractivity contribution >= 4 is 5.96 Å². The standard InChI is InChI=1S/C21H23F3N4O/c1-3-26-20(27-12-17-6-4-5-16(10-17)11-25)28-13-18-8-7-15(2)9-19(18)29-14-21(22,23)24/h4-10H,3,12-14H2,1-2H3,(H2,26,27,28). The van der Waals surface area contributed by atoms with Gasteiger partial charge in [0.2, 0.25) is 0 Å². The van der Waals surface area contributed by atoms with E-state index < -0.39 is 12.8 Å². The Morgan fingerprint density at radius 2 is 1.97 bits per heavy atom. The third-order valence-electron chi connectivity index (χ3n) is 3.88. The quantitative estimate of drug-likeness (QED) is 0.539. The van der Waals surface area contributed by atoms with Crippen LogP contribution in [-0.4, -0.2) is 25.3 Å². The van der Waals surface area contributed by atoms with Gasteiger partial charge in [-0.15, -0.1) is 0 Å². The topological polar surface area (TPSA) is 69.4 Å². The first-order chi connectivity index (χ1) is 13.8. The molecular formula is C21H23F3N4O. The zero-order chi connectivity index (χ0) is 21.3. The van der Waals surface area contributed by atoms with Gasteiger partial charge in [-0.2, -0.15) is 18.4 Å². The zero-order valence-corrected chi connectivity index (χ0v) is 16.3. The Hall–Kier alpha value is -3.21. The minimum atomic E-state index is -4.40. The van der Waals surface area contributed by atoms with Gasteiger partial charge in [-0.1, -0.05) is 24.3 Å². The summed E-state index contributed by atoms with van der Waals surface area (Å²) in [6.45, 7) is 3.59. The molecule has 154 valence electrons. The number of halogens is 3. The molecular weight excluding hydrogens is 381 g/mol. The number of nitrogens with zero attached hydrogens (tertiary/aromatic N) is 2. The summed E-state index contributed by atoms with van der Waals surface area (Å²) in [5.74, 6) is 0.699. The molecule has 0 aliphatic carbocycles. The van der Waals surface area contributed by atoms with E-state index in [4.69, 9.17) is 10.00 Å². The predicted molar refractivity (Wildman–Crippen MR) is 106 cm³/mol. The molecule has 0 bridgehead atoms. The Bertz CT molecular complexity index is 888. The highest BCUT2D eigenvalue weighted by Gasteiger charge is 2.28. The number of aryl methyl sites for hydroxylation is 1. The van der Waals surface area contributed by atoms with Crippen molar-refractivity contribution in [1.29, 1.82) is 5.26 Å². The van der Waals surface area contributed by atoms with Crippen molar-refractivity contribution in [2.24, 2.45) is 4.99 Å². The molecule has 0 aliphatic heterocycles. The summed E-state index contributed by atoms with van der Waals surface area (Å²) in [4.78, 5) is 4.47.